The molecule has 172 valence electrons. The van der Waals surface area contributed by atoms with Gasteiger partial charge in [-0.05, 0) is 43.2 Å². The highest BCUT2D eigenvalue weighted by molar-refractivity contribution is 6.32. The number of pyridine rings is 1. The Balaban J connectivity index is 1.43. The van der Waals surface area contributed by atoms with Crippen LogP contribution in [-0.2, 0) is 10.2 Å². The van der Waals surface area contributed by atoms with Crippen LogP contribution in [0.15, 0.2) is 42.6 Å². The monoisotopic (exact) mass is 476 g/mol. The fourth-order valence-corrected chi connectivity index (χ4v) is 4.58. The Labute approximate surface area is 185 Å². The Morgan fingerprint density at radius 1 is 1.22 bits per heavy atom. The third-order valence-corrected chi connectivity index (χ3v) is 6.25. The maximum Gasteiger partial charge on any atom is 0.522 e. The molecule has 3 fully saturated rings. The van der Waals surface area contributed by atoms with Crippen LogP contribution in [-0.4, -0.2) is 53.9 Å². The summed E-state index contributed by atoms with van der Waals surface area (Å²) in [4.78, 5) is 18.2. The molecule has 2 unspecified atom stereocenters. The summed E-state index contributed by atoms with van der Waals surface area (Å²) in [5.74, 6) is -3.67. The van der Waals surface area contributed by atoms with Gasteiger partial charge in [0.15, 0.2) is 0 Å². The normalized spacial score (nSPS) is 24.1. The smallest absolute Gasteiger partial charge is 0.490 e. The number of piperidine rings is 2. The van der Waals surface area contributed by atoms with Gasteiger partial charge in [-0.2, -0.15) is 0 Å². The number of halogens is 6. The lowest BCUT2D eigenvalue weighted by molar-refractivity contribution is -0.325. The minimum atomic E-state index is -4.77. The van der Waals surface area contributed by atoms with Crippen LogP contribution in [0.2, 0.25) is 5.02 Å². The topological polar surface area (TPSA) is 51.7 Å². The first-order chi connectivity index (χ1) is 15.1. The van der Waals surface area contributed by atoms with Gasteiger partial charge in [-0.1, -0.05) is 17.7 Å². The fraction of sp³-hybridized carbons (Fsp3) is 0.429. The van der Waals surface area contributed by atoms with Crippen LogP contribution in [0.5, 0.6) is 5.75 Å². The molecule has 0 N–H and O–H groups in total. The van der Waals surface area contributed by atoms with Crippen molar-refractivity contribution < 1.29 is 36.2 Å². The van der Waals surface area contributed by atoms with E-state index >= 15 is 8.78 Å². The average Bonchev–Trinajstić information content (AvgIpc) is 2.76. The van der Waals surface area contributed by atoms with Crippen molar-refractivity contribution in [2.45, 2.75) is 36.6 Å². The van der Waals surface area contributed by atoms with Gasteiger partial charge in [0, 0.05) is 18.3 Å². The number of carbonyl (C=O) groups is 1. The number of carbonyl (C=O) groups excluding carboxylic acids is 1. The molecule has 2 saturated heterocycles. The number of hydrogen-bond acceptors (Lipinski definition) is 4. The lowest BCUT2D eigenvalue weighted by atomic mass is 9.55. The molecule has 1 amide bonds. The van der Waals surface area contributed by atoms with Crippen LogP contribution >= 0.6 is 11.6 Å². The number of benzene rings is 1. The number of rotatable bonds is 6. The van der Waals surface area contributed by atoms with Crippen molar-refractivity contribution in [2.24, 2.45) is 0 Å². The van der Waals surface area contributed by atoms with Gasteiger partial charge in [0.2, 0.25) is 0 Å². The number of alkyl halides is 5. The van der Waals surface area contributed by atoms with Crippen molar-refractivity contribution in [3.63, 3.8) is 0 Å². The standard InChI is InChI=1S/C21H18ClF5N2O3/c22-14-11-13(4-5-15(14)31-9-10-32-21(25,26)27)18(30)29-8-6-19(12-17(29)20(19,23)24)16-3-1-2-7-28-16/h1-5,7,11,17H,6,8-10,12H2. The lowest BCUT2D eigenvalue weighted by Crippen LogP contribution is -2.75. The van der Waals surface area contributed by atoms with E-state index in [-0.39, 0.29) is 35.7 Å². The molecule has 0 radical (unpaired) electrons. The lowest BCUT2D eigenvalue weighted by Gasteiger charge is -2.62. The Bertz CT molecular complexity index is 1000. The quantitative estimate of drug-likeness (QED) is 0.442. The number of amides is 1. The van der Waals surface area contributed by atoms with Gasteiger partial charge in [0.1, 0.15) is 12.4 Å². The molecule has 1 aliphatic carbocycles. The van der Waals surface area contributed by atoms with Crippen molar-refractivity contribution in [3.05, 3.63) is 58.9 Å². The molecular formula is C21H18ClF5N2O3. The fourth-order valence-electron chi connectivity index (χ4n) is 4.34. The van der Waals surface area contributed by atoms with Crippen LogP contribution in [0.4, 0.5) is 22.0 Å². The third-order valence-electron chi connectivity index (χ3n) is 5.96. The molecular weight excluding hydrogens is 459 g/mol. The van der Waals surface area contributed by atoms with E-state index < -0.39 is 42.9 Å². The Morgan fingerprint density at radius 3 is 2.59 bits per heavy atom. The molecule has 1 saturated carbocycles. The highest BCUT2D eigenvalue weighted by atomic mass is 35.5. The Morgan fingerprint density at radius 2 is 2.00 bits per heavy atom. The van der Waals surface area contributed by atoms with Crippen LogP contribution in [0, 0.1) is 0 Å². The van der Waals surface area contributed by atoms with Gasteiger partial charge in [0.25, 0.3) is 11.8 Å². The van der Waals surface area contributed by atoms with Crippen LogP contribution in [0.3, 0.4) is 0 Å². The largest absolute Gasteiger partial charge is 0.522 e. The highest BCUT2D eigenvalue weighted by Crippen LogP contribution is 2.61. The minimum Gasteiger partial charge on any atom is -0.490 e. The number of nitrogens with zero attached hydrogens (tertiary/aromatic N) is 2. The molecule has 2 bridgehead atoms. The van der Waals surface area contributed by atoms with Crippen LogP contribution in [0.25, 0.3) is 0 Å². The minimum absolute atomic E-state index is 0.0249. The van der Waals surface area contributed by atoms with Gasteiger partial charge in [0.05, 0.1) is 28.8 Å². The van der Waals surface area contributed by atoms with Crippen LogP contribution in [0.1, 0.15) is 28.9 Å². The van der Waals surface area contributed by atoms with E-state index in [0.717, 1.165) is 4.90 Å². The predicted molar refractivity (Wildman–Crippen MR) is 104 cm³/mol. The zero-order chi connectivity index (χ0) is 23.1. The number of hydrogen-bond donors (Lipinski definition) is 0. The molecule has 32 heavy (non-hydrogen) atoms. The van der Waals surface area contributed by atoms with E-state index in [2.05, 4.69) is 9.72 Å². The zero-order valence-electron chi connectivity index (χ0n) is 16.5. The molecule has 5 nitrogen and oxygen atoms in total. The van der Waals surface area contributed by atoms with Crippen molar-refractivity contribution in [2.75, 3.05) is 19.8 Å². The van der Waals surface area contributed by atoms with Crippen LogP contribution < -0.4 is 4.74 Å². The van der Waals surface area contributed by atoms with Crippen molar-refractivity contribution >= 4 is 17.5 Å². The molecule has 2 atom stereocenters. The van der Waals surface area contributed by atoms with E-state index in [1.165, 1.54) is 24.4 Å². The summed E-state index contributed by atoms with van der Waals surface area (Å²) in [5, 5.41) is -0.0249. The highest BCUT2D eigenvalue weighted by Gasteiger charge is 2.74. The molecule has 1 aromatic carbocycles. The maximum atomic E-state index is 15.1. The van der Waals surface area contributed by atoms with E-state index in [9.17, 15) is 18.0 Å². The molecule has 3 aliphatic rings. The SMILES string of the molecule is O=C(c1ccc(OCCOC(F)(F)F)c(Cl)c1)N1CCC2(c3ccccn3)CC1C2(F)F. The molecule has 11 heteroatoms. The average molecular weight is 477 g/mol. The summed E-state index contributed by atoms with van der Waals surface area (Å²) in [7, 11) is 0. The van der Waals surface area contributed by atoms with E-state index in [1.807, 2.05) is 0 Å². The number of ether oxygens (including phenoxy) is 2. The second-order valence-electron chi connectivity index (χ2n) is 7.68. The molecule has 1 aromatic heterocycles. The van der Waals surface area contributed by atoms with E-state index in [4.69, 9.17) is 16.3 Å². The molecule has 3 heterocycles. The summed E-state index contributed by atoms with van der Waals surface area (Å²) in [6.45, 7) is -1.01. The third kappa shape index (κ3) is 3.90. The van der Waals surface area contributed by atoms with Crippen molar-refractivity contribution in [1.29, 1.82) is 0 Å². The van der Waals surface area contributed by atoms with Gasteiger partial charge >= 0.3 is 6.36 Å². The molecule has 5 rings (SSSR count). The summed E-state index contributed by atoms with van der Waals surface area (Å²) < 4.78 is 75.0. The summed E-state index contributed by atoms with van der Waals surface area (Å²) >= 11 is 6.07. The first-order valence-electron chi connectivity index (χ1n) is 9.78. The number of fused-ring (bicyclic) bond motifs is 2. The molecule has 2 aromatic rings. The maximum absolute atomic E-state index is 15.1. The van der Waals surface area contributed by atoms with Crippen molar-refractivity contribution in [3.8, 4) is 5.75 Å². The Hall–Kier alpha value is -2.46. The van der Waals surface area contributed by atoms with Gasteiger partial charge in [-0.3, -0.25) is 14.5 Å². The Kier molecular flexibility index (Phi) is 5.79. The predicted octanol–water partition coefficient (Wildman–Crippen LogP) is 4.84. The molecule has 0 spiro atoms. The van der Waals surface area contributed by atoms with E-state index in [0.29, 0.717) is 5.69 Å². The zero-order valence-corrected chi connectivity index (χ0v) is 17.3. The summed E-state index contributed by atoms with van der Waals surface area (Å²) in [5.41, 5.74) is -0.960. The molecule has 2 aliphatic heterocycles. The van der Waals surface area contributed by atoms with Gasteiger partial charge in [-0.15, -0.1) is 13.2 Å². The first kappa shape index (κ1) is 22.7. The van der Waals surface area contributed by atoms with Gasteiger partial charge < -0.3 is 9.64 Å². The first-order valence-corrected chi connectivity index (χ1v) is 10.2. The number of aromatic nitrogens is 1. The summed E-state index contributed by atoms with van der Waals surface area (Å²) in [6.07, 6.45) is -3.11. The van der Waals surface area contributed by atoms with Crippen molar-refractivity contribution in [1.82, 2.24) is 9.88 Å². The summed E-state index contributed by atoms with van der Waals surface area (Å²) in [6, 6.07) is 7.56. The van der Waals surface area contributed by atoms with E-state index in [1.54, 1.807) is 18.2 Å². The second-order valence-corrected chi connectivity index (χ2v) is 8.08. The second kappa shape index (κ2) is 8.15. The van der Waals surface area contributed by atoms with Gasteiger partial charge in [-0.25, -0.2) is 8.78 Å².